The molecule has 1 heterocycles. The van der Waals surface area contributed by atoms with Crippen molar-refractivity contribution in [1.29, 1.82) is 0 Å². The van der Waals surface area contributed by atoms with Crippen molar-refractivity contribution < 1.29 is 42.9 Å². The molecule has 0 aliphatic rings. The van der Waals surface area contributed by atoms with Gasteiger partial charge in [0.2, 0.25) is 5.91 Å². The van der Waals surface area contributed by atoms with Crippen LogP contribution in [0.1, 0.15) is 47.1 Å². The fourth-order valence-electron chi connectivity index (χ4n) is 3.73. The number of esters is 4. The molecule has 0 bridgehead atoms. The van der Waals surface area contributed by atoms with Crippen LogP contribution in [0.4, 0.5) is 5.82 Å². The Morgan fingerprint density at radius 2 is 1.44 bits per heavy atom. The molecular weight excluding hydrogens is 534 g/mol. The lowest BCUT2D eigenvalue weighted by Gasteiger charge is -2.33. The normalized spacial score (nSPS) is 14.2. The van der Waals surface area contributed by atoms with Crippen LogP contribution in [0.2, 0.25) is 5.02 Å². The van der Waals surface area contributed by atoms with E-state index in [1.54, 1.807) is 24.3 Å². The first-order valence-electron chi connectivity index (χ1n) is 11.8. The molecule has 0 fully saturated rings. The van der Waals surface area contributed by atoms with Crippen LogP contribution in [0.15, 0.2) is 29.4 Å². The Labute approximate surface area is 230 Å². The molecule has 0 saturated carbocycles. The van der Waals surface area contributed by atoms with E-state index in [0.29, 0.717) is 10.5 Å². The molecular formula is C26H30ClN3O9. The van der Waals surface area contributed by atoms with Gasteiger partial charge < -0.3 is 18.9 Å². The zero-order valence-corrected chi connectivity index (χ0v) is 23.3. The summed E-state index contributed by atoms with van der Waals surface area (Å²) < 4.78 is 21.1. The van der Waals surface area contributed by atoms with E-state index in [0.717, 1.165) is 49.9 Å². The highest BCUT2D eigenvalue weighted by Crippen LogP contribution is 2.26. The van der Waals surface area contributed by atoms with E-state index in [-0.39, 0.29) is 5.82 Å². The minimum atomic E-state index is -1.50. The van der Waals surface area contributed by atoms with E-state index in [4.69, 9.17) is 30.5 Å². The van der Waals surface area contributed by atoms with E-state index >= 15 is 0 Å². The van der Waals surface area contributed by atoms with Crippen molar-refractivity contribution in [3.05, 3.63) is 34.9 Å². The number of amides is 1. The van der Waals surface area contributed by atoms with E-state index in [1.807, 2.05) is 6.92 Å². The Balaban J connectivity index is 2.59. The fraction of sp³-hybridized carbons (Fsp3) is 0.423. The number of anilines is 1. The highest BCUT2D eigenvalue weighted by molar-refractivity contribution is 6.31. The smallest absolute Gasteiger partial charge is 0.303 e. The SMILES string of the molecule is CC(=O)O[C@H]([C@H](OC(C)=O)[C@H](C)OC(C)=O)[C@@H](/C=N/N(C(C)=O)c1cc(C)c2cc(Cl)ccc2n1)OC(C)=O. The minimum absolute atomic E-state index is 0.154. The zero-order chi connectivity index (χ0) is 29.4. The number of aromatic nitrogens is 1. The molecule has 1 aromatic carbocycles. The molecule has 39 heavy (non-hydrogen) atoms. The van der Waals surface area contributed by atoms with Crippen molar-refractivity contribution in [2.75, 3.05) is 5.01 Å². The molecule has 4 atom stereocenters. The van der Waals surface area contributed by atoms with Gasteiger partial charge in [-0.1, -0.05) is 11.6 Å². The molecule has 1 amide bonds. The Kier molecular flexibility index (Phi) is 10.9. The van der Waals surface area contributed by atoms with Gasteiger partial charge in [0.25, 0.3) is 0 Å². The molecule has 2 rings (SSSR count). The van der Waals surface area contributed by atoms with Gasteiger partial charge in [-0.15, -0.1) is 0 Å². The van der Waals surface area contributed by atoms with Gasteiger partial charge in [0.15, 0.2) is 24.1 Å². The summed E-state index contributed by atoms with van der Waals surface area (Å²) in [5.74, 6) is -3.47. The van der Waals surface area contributed by atoms with Crippen molar-refractivity contribution in [3.63, 3.8) is 0 Å². The first kappa shape index (κ1) is 31.2. The number of fused-ring (bicyclic) bond motifs is 1. The molecule has 12 nitrogen and oxygen atoms in total. The Hall–Kier alpha value is -4.06. The van der Waals surface area contributed by atoms with Gasteiger partial charge >= 0.3 is 23.9 Å². The second kappa shape index (κ2) is 13.7. The van der Waals surface area contributed by atoms with E-state index in [2.05, 4.69) is 10.1 Å². The topological polar surface area (TPSA) is 151 Å². The molecule has 0 radical (unpaired) electrons. The largest absolute Gasteiger partial charge is 0.459 e. The standard InChI is InChI=1S/C26H30ClN3O9/c1-13-10-24(29-22-9-8-20(27)11-21(13)22)30(15(3)31)28-12-23(37-17(5)33)26(39-19(7)35)25(38-18(6)34)14(2)36-16(4)32/h8-12,14,23,25-26H,1-7H3/b28-12+/t14-,23+,25+,26-/m0/s1. The quantitative estimate of drug-likeness (QED) is 0.182. The number of aryl methyl sites for hydroxylation is 1. The monoisotopic (exact) mass is 563 g/mol. The van der Waals surface area contributed by atoms with Gasteiger partial charge in [0, 0.05) is 45.0 Å². The summed E-state index contributed by atoms with van der Waals surface area (Å²) in [4.78, 5) is 64.5. The highest BCUT2D eigenvalue weighted by Gasteiger charge is 2.41. The lowest BCUT2D eigenvalue weighted by Crippen LogP contribution is -2.51. The summed E-state index contributed by atoms with van der Waals surface area (Å²) in [6.07, 6.45) is -4.46. The van der Waals surface area contributed by atoms with E-state index in [9.17, 15) is 24.0 Å². The third-order valence-electron chi connectivity index (χ3n) is 5.18. The molecule has 210 valence electrons. The summed E-state index contributed by atoms with van der Waals surface area (Å²) in [5, 5.41) is 6.43. The summed E-state index contributed by atoms with van der Waals surface area (Å²) in [6, 6.07) is 6.70. The first-order chi connectivity index (χ1) is 18.2. The maximum atomic E-state index is 12.6. The van der Waals surface area contributed by atoms with Crippen molar-refractivity contribution in [2.24, 2.45) is 5.10 Å². The molecule has 0 aliphatic carbocycles. The summed E-state index contributed by atoms with van der Waals surface area (Å²) in [7, 11) is 0. The molecule has 0 N–H and O–H groups in total. The van der Waals surface area contributed by atoms with Crippen molar-refractivity contribution in [2.45, 2.75) is 72.9 Å². The predicted octanol–water partition coefficient (Wildman–Crippen LogP) is 3.28. The molecule has 0 spiro atoms. The third kappa shape index (κ3) is 9.02. The first-order valence-corrected chi connectivity index (χ1v) is 12.2. The second-order valence-electron chi connectivity index (χ2n) is 8.59. The van der Waals surface area contributed by atoms with Crippen LogP contribution >= 0.6 is 11.6 Å². The van der Waals surface area contributed by atoms with Gasteiger partial charge in [-0.3, -0.25) is 24.0 Å². The van der Waals surface area contributed by atoms with Gasteiger partial charge in [-0.2, -0.15) is 10.1 Å². The molecule has 0 unspecified atom stereocenters. The Bertz CT molecular complexity index is 1300. The van der Waals surface area contributed by atoms with Crippen LogP contribution in [0, 0.1) is 6.92 Å². The predicted molar refractivity (Wildman–Crippen MR) is 141 cm³/mol. The maximum absolute atomic E-state index is 12.6. The number of carbonyl (C=O) groups excluding carboxylic acids is 5. The van der Waals surface area contributed by atoms with Crippen molar-refractivity contribution >= 4 is 64.3 Å². The molecule has 2 aromatic rings. The number of hydrazone groups is 1. The van der Waals surface area contributed by atoms with Crippen LogP contribution in [0.3, 0.4) is 0 Å². The zero-order valence-electron chi connectivity index (χ0n) is 22.6. The van der Waals surface area contributed by atoms with Gasteiger partial charge in [0.05, 0.1) is 11.7 Å². The third-order valence-corrected chi connectivity index (χ3v) is 5.41. The number of carbonyl (C=O) groups is 5. The van der Waals surface area contributed by atoms with E-state index in [1.165, 1.54) is 13.8 Å². The van der Waals surface area contributed by atoms with Crippen LogP contribution in [-0.4, -0.2) is 65.4 Å². The number of hydrogen-bond acceptors (Lipinski definition) is 11. The van der Waals surface area contributed by atoms with Crippen LogP contribution < -0.4 is 5.01 Å². The van der Waals surface area contributed by atoms with Crippen LogP contribution in [-0.2, 0) is 42.9 Å². The minimum Gasteiger partial charge on any atom is -0.459 e. The molecule has 0 saturated heterocycles. The highest BCUT2D eigenvalue weighted by atomic mass is 35.5. The number of rotatable bonds is 10. The summed E-state index contributed by atoms with van der Waals surface area (Å²) in [5.41, 5.74) is 1.31. The number of hydrogen-bond donors (Lipinski definition) is 0. The van der Waals surface area contributed by atoms with Crippen LogP contribution in [0.5, 0.6) is 0 Å². The number of pyridine rings is 1. The van der Waals surface area contributed by atoms with Gasteiger partial charge in [-0.05, 0) is 43.7 Å². The number of halogens is 1. The van der Waals surface area contributed by atoms with E-state index < -0.39 is 54.2 Å². The summed E-state index contributed by atoms with van der Waals surface area (Å²) in [6.45, 7) is 8.90. The number of ether oxygens (including phenoxy) is 4. The molecule has 0 aliphatic heterocycles. The van der Waals surface area contributed by atoms with Gasteiger partial charge in [0.1, 0.15) is 6.10 Å². The van der Waals surface area contributed by atoms with Crippen molar-refractivity contribution in [1.82, 2.24) is 4.98 Å². The average molecular weight is 564 g/mol. The summed E-state index contributed by atoms with van der Waals surface area (Å²) >= 11 is 6.09. The van der Waals surface area contributed by atoms with Gasteiger partial charge in [-0.25, -0.2) is 4.98 Å². The Morgan fingerprint density at radius 3 is 1.97 bits per heavy atom. The number of nitrogens with zero attached hydrogens (tertiary/aromatic N) is 3. The molecule has 1 aromatic heterocycles. The number of benzene rings is 1. The molecule has 13 heteroatoms. The maximum Gasteiger partial charge on any atom is 0.303 e. The fourth-order valence-corrected chi connectivity index (χ4v) is 3.90. The Morgan fingerprint density at radius 1 is 0.872 bits per heavy atom. The average Bonchev–Trinajstić information content (AvgIpc) is 2.80. The second-order valence-corrected chi connectivity index (χ2v) is 9.03. The van der Waals surface area contributed by atoms with Crippen LogP contribution in [0.25, 0.3) is 10.9 Å². The van der Waals surface area contributed by atoms with Crippen molar-refractivity contribution in [3.8, 4) is 0 Å². The lowest BCUT2D eigenvalue weighted by atomic mass is 10.0. The lowest BCUT2D eigenvalue weighted by molar-refractivity contribution is -0.191.